The van der Waals surface area contributed by atoms with Crippen LogP contribution in [0.2, 0.25) is 0 Å². The van der Waals surface area contributed by atoms with Crippen molar-refractivity contribution in [2.45, 2.75) is 25.9 Å². The van der Waals surface area contributed by atoms with E-state index in [9.17, 15) is 22.4 Å². The monoisotopic (exact) mass is 427 g/mol. The van der Waals surface area contributed by atoms with Crippen molar-refractivity contribution in [3.8, 4) is 5.88 Å². The molecular weight excluding hydrogens is 410 g/mol. The van der Waals surface area contributed by atoms with Crippen LogP contribution in [0.15, 0.2) is 24.5 Å². The number of hydrogen-bond donors (Lipinski definition) is 1. The van der Waals surface area contributed by atoms with Gasteiger partial charge in [-0.25, -0.2) is 18.3 Å². The first-order valence-corrected chi connectivity index (χ1v) is 8.68. The molecule has 30 heavy (non-hydrogen) atoms. The van der Waals surface area contributed by atoms with Gasteiger partial charge in [0, 0.05) is 25.6 Å². The zero-order chi connectivity index (χ0) is 21.8. The molecule has 0 aliphatic carbocycles. The lowest BCUT2D eigenvalue weighted by Gasteiger charge is -2.08. The summed E-state index contributed by atoms with van der Waals surface area (Å²) in [6.07, 6.45) is 1.08. The summed E-state index contributed by atoms with van der Waals surface area (Å²) in [7, 11) is 1.63. The van der Waals surface area contributed by atoms with Gasteiger partial charge in [-0.15, -0.1) is 10.2 Å². The maximum Gasteiger partial charge on any atom is 0.388 e. The molecule has 4 heterocycles. The second-order valence-corrected chi connectivity index (χ2v) is 6.24. The highest BCUT2D eigenvalue weighted by Crippen LogP contribution is 2.35. The molecule has 3 aromatic heterocycles. The minimum Gasteiger partial charge on any atom is -0.415 e. The summed E-state index contributed by atoms with van der Waals surface area (Å²) in [6, 6.07) is 2.60. The van der Waals surface area contributed by atoms with E-state index in [1.165, 1.54) is 33.9 Å². The highest BCUT2D eigenvalue weighted by atomic mass is 19.3. The molecule has 0 saturated carbocycles. The summed E-state index contributed by atoms with van der Waals surface area (Å²) in [5, 5.41) is 13.3. The van der Waals surface area contributed by atoms with Crippen molar-refractivity contribution in [1.29, 1.82) is 0 Å². The van der Waals surface area contributed by atoms with E-state index in [0.717, 1.165) is 12.1 Å². The molecule has 4 rings (SSSR count). The van der Waals surface area contributed by atoms with Gasteiger partial charge in [0.25, 0.3) is 6.43 Å². The fourth-order valence-corrected chi connectivity index (χ4v) is 2.96. The fourth-order valence-electron chi connectivity index (χ4n) is 2.96. The molecule has 1 aliphatic rings. The molecule has 9 nitrogen and oxygen atoms in total. The third-order valence-corrected chi connectivity index (χ3v) is 4.25. The number of anilines is 2. The Kier molecular flexibility index (Phi) is 6.28. The van der Waals surface area contributed by atoms with Gasteiger partial charge in [0.15, 0.2) is 5.65 Å². The van der Waals surface area contributed by atoms with Gasteiger partial charge in [0.1, 0.15) is 5.69 Å². The first kappa shape index (κ1) is 21.2. The molecule has 3 aromatic rings. The van der Waals surface area contributed by atoms with Gasteiger partial charge < -0.3 is 15.0 Å². The van der Waals surface area contributed by atoms with Crippen LogP contribution in [0.4, 0.5) is 28.9 Å². The van der Waals surface area contributed by atoms with Crippen molar-refractivity contribution in [1.82, 2.24) is 24.8 Å². The van der Waals surface area contributed by atoms with Gasteiger partial charge >= 0.3 is 6.61 Å². The quantitative estimate of drug-likeness (QED) is 0.494. The van der Waals surface area contributed by atoms with E-state index in [2.05, 4.69) is 30.3 Å². The maximum absolute atomic E-state index is 12.2. The SMILES string of the molecule is CC1CN(C=O)c2cnc3cc(OC(F)F)nn3c21.CNc1cnnc(C(F)F)c1. The molecule has 1 atom stereocenters. The van der Waals surface area contributed by atoms with Gasteiger partial charge in [-0.2, -0.15) is 13.9 Å². The number of fused-ring (bicyclic) bond motifs is 3. The van der Waals surface area contributed by atoms with Crippen LogP contribution in [-0.2, 0) is 4.79 Å². The molecule has 1 aliphatic heterocycles. The van der Waals surface area contributed by atoms with Crippen molar-refractivity contribution < 1.29 is 27.1 Å². The topological polar surface area (TPSA) is 97.5 Å². The van der Waals surface area contributed by atoms with Crippen molar-refractivity contribution in [3.05, 3.63) is 35.9 Å². The Morgan fingerprint density at radius 1 is 1.27 bits per heavy atom. The number of carbonyl (C=O) groups is 1. The number of halogens is 4. The number of carbonyl (C=O) groups excluding carboxylic acids is 1. The summed E-state index contributed by atoms with van der Waals surface area (Å²) in [5.41, 5.74) is 2.05. The van der Waals surface area contributed by atoms with Crippen molar-refractivity contribution >= 4 is 23.4 Å². The van der Waals surface area contributed by atoms with Gasteiger partial charge in [-0.05, 0) is 6.07 Å². The summed E-state index contributed by atoms with van der Waals surface area (Å²) >= 11 is 0. The van der Waals surface area contributed by atoms with Crippen LogP contribution in [0.5, 0.6) is 5.88 Å². The molecule has 0 spiro atoms. The average molecular weight is 427 g/mol. The van der Waals surface area contributed by atoms with Crippen LogP contribution in [0.3, 0.4) is 0 Å². The Hall–Kier alpha value is -3.51. The average Bonchev–Trinajstić information content (AvgIpc) is 3.27. The van der Waals surface area contributed by atoms with E-state index in [-0.39, 0.29) is 17.5 Å². The smallest absolute Gasteiger partial charge is 0.388 e. The lowest BCUT2D eigenvalue weighted by molar-refractivity contribution is -0.107. The molecular formula is C17H17F4N7O2. The molecule has 160 valence electrons. The normalized spacial score (nSPS) is 15.2. The number of amides is 1. The number of alkyl halides is 4. The number of aromatic nitrogens is 5. The second-order valence-electron chi connectivity index (χ2n) is 6.24. The molecule has 1 amide bonds. The highest BCUT2D eigenvalue weighted by Gasteiger charge is 2.29. The van der Waals surface area contributed by atoms with Crippen molar-refractivity contribution in [3.63, 3.8) is 0 Å². The zero-order valence-corrected chi connectivity index (χ0v) is 15.8. The Balaban J connectivity index is 0.000000199. The van der Waals surface area contributed by atoms with Crippen molar-refractivity contribution in [2.24, 2.45) is 0 Å². The highest BCUT2D eigenvalue weighted by molar-refractivity contribution is 5.79. The predicted molar refractivity (Wildman–Crippen MR) is 98.0 cm³/mol. The number of nitrogens with zero attached hydrogens (tertiary/aromatic N) is 6. The van der Waals surface area contributed by atoms with Crippen LogP contribution in [0, 0.1) is 0 Å². The first-order chi connectivity index (χ1) is 14.3. The minimum atomic E-state index is -2.93. The fraction of sp³-hybridized carbons (Fsp3) is 0.353. The molecule has 0 saturated heterocycles. The molecule has 1 unspecified atom stereocenters. The third kappa shape index (κ3) is 4.39. The van der Waals surface area contributed by atoms with Gasteiger partial charge in [-0.3, -0.25) is 4.79 Å². The maximum atomic E-state index is 12.2. The number of hydrogen-bond acceptors (Lipinski definition) is 7. The molecule has 0 radical (unpaired) electrons. The Morgan fingerprint density at radius 3 is 2.67 bits per heavy atom. The Bertz CT molecular complexity index is 1030. The van der Waals surface area contributed by atoms with Crippen LogP contribution < -0.4 is 15.0 Å². The number of nitrogens with one attached hydrogen (secondary N) is 1. The van der Waals surface area contributed by atoms with E-state index in [1.54, 1.807) is 7.05 Å². The molecule has 13 heteroatoms. The number of rotatable bonds is 5. The first-order valence-electron chi connectivity index (χ1n) is 8.68. The van der Waals surface area contributed by atoms with Gasteiger partial charge in [-0.1, -0.05) is 6.92 Å². The number of ether oxygens (including phenoxy) is 1. The van der Waals surface area contributed by atoms with E-state index in [4.69, 9.17) is 0 Å². The molecule has 0 bridgehead atoms. The summed E-state index contributed by atoms with van der Waals surface area (Å²) < 4.78 is 54.0. The molecule has 1 N–H and O–H groups in total. The van der Waals surface area contributed by atoms with Crippen LogP contribution in [0.25, 0.3) is 5.65 Å². The van der Waals surface area contributed by atoms with E-state index in [1.807, 2.05) is 6.92 Å². The van der Waals surface area contributed by atoms with Gasteiger partial charge in [0.05, 0.1) is 29.5 Å². The van der Waals surface area contributed by atoms with E-state index < -0.39 is 13.0 Å². The molecule has 0 aromatic carbocycles. The van der Waals surface area contributed by atoms with Crippen LogP contribution in [-0.4, -0.2) is 51.4 Å². The lowest BCUT2D eigenvalue weighted by atomic mass is 10.1. The third-order valence-electron chi connectivity index (χ3n) is 4.25. The van der Waals surface area contributed by atoms with Crippen molar-refractivity contribution in [2.75, 3.05) is 23.8 Å². The standard InChI is InChI=1S/C11H10F2N4O2.C6H7F2N3/c1-6-4-16(5-18)7-3-14-8-2-9(19-11(12)13)15-17(8)10(6)7;1-9-4-2-5(6(7)8)11-10-3-4/h2-3,5-6,11H,4H2,1H3;2-3,6H,1H3,(H,9,11). The summed E-state index contributed by atoms with van der Waals surface area (Å²) in [5.74, 6) is -0.141. The summed E-state index contributed by atoms with van der Waals surface area (Å²) in [6.45, 7) is -0.483. The largest absolute Gasteiger partial charge is 0.415 e. The Morgan fingerprint density at radius 2 is 2.03 bits per heavy atom. The zero-order valence-electron chi connectivity index (χ0n) is 15.8. The Labute approximate surface area is 167 Å². The lowest BCUT2D eigenvalue weighted by Crippen LogP contribution is -2.18. The van der Waals surface area contributed by atoms with Crippen LogP contribution in [0.1, 0.15) is 30.7 Å². The summed E-state index contributed by atoms with van der Waals surface area (Å²) in [4.78, 5) is 16.6. The minimum absolute atomic E-state index is 0.0463. The van der Waals surface area contributed by atoms with E-state index >= 15 is 0 Å². The van der Waals surface area contributed by atoms with Gasteiger partial charge in [0.2, 0.25) is 12.3 Å². The van der Waals surface area contributed by atoms with E-state index in [0.29, 0.717) is 23.6 Å². The predicted octanol–water partition coefficient (Wildman–Crippen LogP) is 2.87. The second kappa shape index (κ2) is 8.88. The molecule has 0 fully saturated rings. The van der Waals surface area contributed by atoms with Crippen LogP contribution >= 0.6 is 0 Å².